The van der Waals surface area contributed by atoms with E-state index in [1.165, 1.54) is 12.8 Å². The van der Waals surface area contributed by atoms with Crippen molar-refractivity contribution in [2.24, 2.45) is 0 Å². The minimum absolute atomic E-state index is 0.112. The van der Waals surface area contributed by atoms with Gasteiger partial charge in [-0.3, -0.25) is 0 Å². The maximum atomic E-state index is 13.9. The first-order chi connectivity index (χ1) is 8.06. The van der Waals surface area contributed by atoms with Gasteiger partial charge in [-0.25, -0.2) is 4.39 Å². The number of rotatable bonds is 3. The van der Waals surface area contributed by atoms with Gasteiger partial charge in [-0.15, -0.1) is 0 Å². The van der Waals surface area contributed by atoms with Gasteiger partial charge >= 0.3 is 0 Å². The van der Waals surface area contributed by atoms with Crippen molar-refractivity contribution in [3.05, 3.63) is 29.6 Å². The number of nitrogens with zero attached hydrogens (tertiary/aromatic N) is 1. The number of nitrogens with one attached hydrogen (secondary N) is 1. The molecule has 1 aliphatic heterocycles. The third-order valence-corrected chi connectivity index (χ3v) is 3.64. The van der Waals surface area contributed by atoms with Crippen molar-refractivity contribution in [2.45, 2.75) is 38.8 Å². The van der Waals surface area contributed by atoms with Gasteiger partial charge in [0, 0.05) is 29.9 Å². The Morgan fingerprint density at radius 3 is 2.76 bits per heavy atom. The summed E-state index contributed by atoms with van der Waals surface area (Å²) in [5.74, 6) is -0.112. The lowest BCUT2D eigenvalue weighted by Gasteiger charge is -2.35. The molecule has 17 heavy (non-hydrogen) atoms. The van der Waals surface area contributed by atoms with Crippen LogP contribution in [0.4, 0.5) is 10.1 Å². The Labute approximate surface area is 103 Å². The Balaban J connectivity index is 2.41. The van der Waals surface area contributed by atoms with Crippen LogP contribution in [0.3, 0.4) is 0 Å². The van der Waals surface area contributed by atoms with Crippen LogP contribution in [0.15, 0.2) is 18.2 Å². The first kappa shape index (κ1) is 12.4. The van der Waals surface area contributed by atoms with E-state index in [2.05, 4.69) is 24.1 Å². The van der Waals surface area contributed by atoms with Crippen LogP contribution in [0.1, 0.15) is 32.3 Å². The highest BCUT2D eigenvalue weighted by molar-refractivity contribution is 5.57. The van der Waals surface area contributed by atoms with E-state index >= 15 is 0 Å². The molecule has 0 amide bonds. The Kier molecular flexibility index (Phi) is 3.38. The second kappa shape index (κ2) is 4.65. The van der Waals surface area contributed by atoms with Crippen molar-refractivity contribution in [1.82, 2.24) is 5.32 Å². The SMILES string of the molecule is CNCc1c(F)cccc1N1CCCC1(C)C. The molecule has 1 saturated heterocycles. The van der Waals surface area contributed by atoms with Crippen LogP contribution in [-0.4, -0.2) is 19.1 Å². The average Bonchev–Trinajstić information content (AvgIpc) is 2.61. The molecule has 1 N–H and O–H groups in total. The summed E-state index contributed by atoms with van der Waals surface area (Å²) in [6.07, 6.45) is 2.35. The fraction of sp³-hybridized carbons (Fsp3) is 0.571. The predicted molar refractivity (Wildman–Crippen MR) is 69.8 cm³/mol. The second-order valence-corrected chi connectivity index (χ2v) is 5.34. The molecule has 3 heteroatoms. The molecule has 0 bridgehead atoms. The number of hydrogen-bond acceptors (Lipinski definition) is 2. The lowest BCUT2D eigenvalue weighted by molar-refractivity contribution is 0.513. The van der Waals surface area contributed by atoms with E-state index in [0.29, 0.717) is 6.54 Å². The molecule has 1 aromatic carbocycles. The summed E-state index contributed by atoms with van der Waals surface area (Å²) < 4.78 is 13.9. The summed E-state index contributed by atoms with van der Waals surface area (Å²) in [6.45, 7) is 6.06. The van der Waals surface area contributed by atoms with E-state index < -0.39 is 0 Å². The predicted octanol–water partition coefficient (Wildman–Crippen LogP) is 2.92. The van der Waals surface area contributed by atoms with Crippen LogP contribution in [0.2, 0.25) is 0 Å². The summed E-state index contributed by atoms with van der Waals surface area (Å²) in [6, 6.07) is 5.38. The Bertz CT molecular complexity index is 401. The van der Waals surface area contributed by atoms with Crippen LogP contribution in [0.25, 0.3) is 0 Å². The molecule has 94 valence electrons. The smallest absolute Gasteiger partial charge is 0.129 e. The summed E-state index contributed by atoms with van der Waals surface area (Å²) in [4.78, 5) is 2.34. The lowest BCUT2D eigenvalue weighted by Crippen LogP contribution is -2.39. The Morgan fingerprint density at radius 2 is 2.18 bits per heavy atom. The van der Waals surface area contributed by atoms with Crippen molar-refractivity contribution in [3.63, 3.8) is 0 Å². The molecule has 0 aliphatic carbocycles. The molecule has 0 saturated carbocycles. The number of benzene rings is 1. The van der Waals surface area contributed by atoms with Crippen LogP contribution in [-0.2, 0) is 6.54 Å². The first-order valence-corrected chi connectivity index (χ1v) is 6.26. The van der Waals surface area contributed by atoms with E-state index in [1.807, 2.05) is 13.1 Å². The normalized spacial score (nSPS) is 18.7. The second-order valence-electron chi connectivity index (χ2n) is 5.34. The van der Waals surface area contributed by atoms with Gasteiger partial charge in [-0.1, -0.05) is 6.07 Å². The van der Waals surface area contributed by atoms with E-state index in [9.17, 15) is 4.39 Å². The van der Waals surface area contributed by atoms with Gasteiger partial charge in [0.05, 0.1) is 0 Å². The van der Waals surface area contributed by atoms with Crippen LogP contribution < -0.4 is 10.2 Å². The summed E-state index contributed by atoms with van der Waals surface area (Å²) in [5, 5.41) is 3.05. The maximum absolute atomic E-state index is 13.9. The van der Waals surface area contributed by atoms with Crippen molar-refractivity contribution in [3.8, 4) is 0 Å². The van der Waals surface area contributed by atoms with E-state index in [-0.39, 0.29) is 11.4 Å². The summed E-state index contributed by atoms with van der Waals surface area (Å²) in [7, 11) is 1.85. The maximum Gasteiger partial charge on any atom is 0.129 e. The van der Waals surface area contributed by atoms with Crippen molar-refractivity contribution in [1.29, 1.82) is 0 Å². The molecule has 1 aliphatic rings. The standard InChI is InChI=1S/C14H21FN2/c1-14(2)8-5-9-17(14)13-7-4-6-12(15)11(13)10-16-3/h4,6-7,16H,5,8-10H2,1-3H3. The molecule has 0 radical (unpaired) electrons. The summed E-state index contributed by atoms with van der Waals surface area (Å²) in [5.41, 5.74) is 1.96. The highest BCUT2D eigenvalue weighted by Crippen LogP contribution is 2.36. The third kappa shape index (κ3) is 2.29. The zero-order valence-corrected chi connectivity index (χ0v) is 10.9. The first-order valence-electron chi connectivity index (χ1n) is 6.26. The number of hydrogen-bond donors (Lipinski definition) is 1. The minimum Gasteiger partial charge on any atom is -0.366 e. The van der Waals surface area contributed by atoms with Gasteiger partial charge in [0.2, 0.25) is 0 Å². The molecule has 2 rings (SSSR count). The van der Waals surface area contributed by atoms with Crippen molar-refractivity contribution >= 4 is 5.69 Å². The molecule has 0 aromatic heterocycles. The molecule has 1 aromatic rings. The van der Waals surface area contributed by atoms with Crippen molar-refractivity contribution < 1.29 is 4.39 Å². The van der Waals surface area contributed by atoms with Gasteiger partial charge in [0.25, 0.3) is 0 Å². The van der Waals surface area contributed by atoms with E-state index in [4.69, 9.17) is 0 Å². The highest BCUT2D eigenvalue weighted by atomic mass is 19.1. The Morgan fingerprint density at radius 1 is 1.41 bits per heavy atom. The van der Waals surface area contributed by atoms with Gasteiger partial charge in [0.1, 0.15) is 5.82 Å². The zero-order chi connectivity index (χ0) is 12.5. The zero-order valence-electron chi connectivity index (χ0n) is 10.9. The van der Waals surface area contributed by atoms with Gasteiger partial charge in [-0.05, 0) is 45.9 Å². The minimum atomic E-state index is -0.112. The molecule has 1 heterocycles. The van der Waals surface area contributed by atoms with Crippen molar-refractivity contribution in [2.75, 3.05) is 18.5 Å². The molecular weight excluding hydrogens is 215 g/mol. The quantitative estimate of drug-likeness (QED) is 0.868. The molecule has 0 atom stereocenters. The molecule has 0 spiro atoms. The fourth-order valence-corrected chi connectivity index (χ4v) is 2.71. The van der Waals surface area contributed by atoms with Gasteiger partial charge in [-0.2, -0.15) is 0 Å². The average molecular weight is 236 g/mol. The number of anilines is 1. The topological polar surface area (TPSA) is 15.3 Å². The van der Waals surface area contributed by atoms with E-state index in [1.54, 1.807) is 12.1 Å². The number of halogens is 1. The summed E-state index contributed by atoms with van der Waals surface area (Å²) >= 11 is 0. The molecule has 1 fully saturated rings. The molecular formula is C14H21FN2. The fourth-order valence-electron chi connectivity index (χ4n) is 2.71. The Hall–Kier alpha value is -1.09. The van der Waals surface area contributed by atoms with E-state index in [0.717, 1.165) is 17.8 Å². The van der Waals surface area contributed by atoms with Crippen LogP contribution >= 0.6 is 0 Å². The lowest BCUT2D eigenvalue weighted by atomic mass is 10.0. The van der Waals surface area contributed by atoms with Crippen LogP contribution in [0.5, 0.6) is 0 Å². The van der Waals surface area contributed by atoms with Gasteiger partial charge < -0.3 is 10.2 Å². The highest BCUT2D eigenvalue weighted by Gasteiger charge is 2.33. The van der Waals surface area contributed by atoms with Crippen LogP contribution in [0, 0.1) is 5.82 Å². The van der Waals surface area contributed by atoms with Gasteiger partial charge in [0.15, 0.2) is 0 Å². The monoisotopic (exact) mass is 236 g/mol. The largest absolute Gasteiger partial charge is 0.366 e. The molecule has 2 nitrogen and oxygen atoms in total. The third-order valence-electron chi connectivity index (χ3n) is 3.64. The molecule has 0 unspecified atom stereocenters.